The maximum atomic E-state index is 9.08. The summed E-state index contributed by atoms with van der Waals surface area (Å²) < 4.78 is 0. The van der Waals surface area contributed by atoms with Crippen molar-refractivity contribution in [2.75, 3.05) is 0 Å². The minimum atomic E-state index is -4.61. The van der Waals surface area contributed by atoms with E-state index in [2.05, 4.69) is 0 Å². The third kappa shape index (κ3) is 14.5. The van der Waals surface area contributed by atoms with Crippen molar-refractivity contribution in [2.45, 2.75) is 39.3 Å². The Morgan fingerprint density at radius 1 is 1.07 bits per heavy atom. The van der Waals surface area contributed by atoms with E-state index in [1.54, 1.807) is 6.92 Å². The van der Waals surface area contributed by atoms with E-state index in [0.717, 1.165) is 0 Å². The zero-order valence-corrected chi connectivity index (χ0v) is 9.97. The van der Waals surface area contributed by atoms with E-state index in [9.17, 15) is 0 Å². The predicted octanol–water partition coefficient (Wildman–Crippen LogP) is -1.87. The van der Waals surface area contributed by atoms with Crippen LogP contribution in [-0.4, -0.2) is 45.0 Å². The van der Waals surface area contributed by atoms with Crippen LogP contribution in [0.3, 0.4) is 0 Å². The topological polar surface area (TPSA) is 127 Å². The van der Waals surface area contributed by atoms with Gasteiger partial charge in [0.15, 0.2) is 0 Å². The molecule has 0 saturated heterocycles. The standard InChI is InChI=1S/C7H17NO.H4O4Si/c1-5(6(2)9)7(3,4)8;1-5(2,3)4/h5-6,9H,8H2,1-4H3;1-4H. The van der Waals surface area contributed by atoms with E-state index >= 15 is 0 Å². The highest BCUT2D eigenvalue weighted by molar-refractivity contribution is 6.46. The molecule has 0 rings (SSSR count). The Kier molecular flexibility index (Phi) is 6.75. The second-order valence-electron chi connectivity index (χ2n) is 3.95. The van der Waals surface area contributed by atoms with Crippen LogP contribution >= 0.6 is 0 Å². The van der Waals surface area contributed by atoms with Crippen LogP contribution in [0, 0.1) is 5.92 Å². The van der Waals surface area contributed by atoms with Gasteiger partial charge in [0, 0.05) is 5.54 Å². The van der Waals surface area contributed by atoms with E-state index in [-0.39, 0.29) is 17.6 Å². The summed E-state index contributed by atoms with van der Waals surface area (Å²) in [7, 11) is -4.61. The predicted molar refractivity (Wildman–Crippen MR) is 53.7 cm³/mol. The van der Waals surface area contributed by atoms with E-state index < -0.39 is 9.05 Å². The minimum Gasteiger partial charge on any atom is -0.393 e. The van der Waals surface area contributed by atoms with Crippen LogP contribution in [0.25, 0.3) is 0 Å². The molecule has 0 amide bonds. The number of hydrogen-bond acceptors (Lipinski definition) is 6. The molecular formula is C7H21NO5Si. The highest BCUT2D eigenvalue weighted by Crippen LogP contribution is 2.15. The fourth-order valence-electron chi connectivity index (χ4n) is 0.622. The molecule has 0 heterocycles. The van der Waals surface area contributed by atoms with Gasteiger partial charge in [0.1, 0.15) is 0 Å². The summed E-state index contributed by atoms with van der Waals surface area (Å²) in [5.74, 6) is 0.150. The Balaban J connectivity index is 0. The van der Waals surface area contributed by atoms with Crippen molar-refractivity contribution in [3.63, 3.8) is 0 Å². The van der Waals surface area contributed by atoms with Gasteiger partial charge in [0.05, 0.1) is 6.10 Å². The van der Waals surface area contributed by atoms with Crippen LogP contribution in [-0.2, 0) is 0 Å². The molecule has 0 radical (unpaired) electrons. The molecule has 0 aromatic rings. The Labute approximate surface area is 85.1 Å². The summed E-state index contributed by atoms with van der Waals surface area (Å²) in [5, 5.41) is 9.08. The van der Waals surface area contributed by atoms with Crippen molar-refractivity contribution < 1.29 is 24.3 Å². The molecule has 0 aliphatic heterocycles. The van der Waals surface area contributed by atoms with E-state index in [1.165, 1.54) is 0 Å². The lowest BCUT2D eigenvalue weighted by molar-refractivity contribution is 0.0962. The van der Waals surface area contributed by atoms with Gasteiger partial charge in [-0.25, -0.2) is 0 Å². The largest absolute Gasteiger partial charge is 0.668 e. The summed E-state index contributed by atoms with van der Waals surface area (Å²) in [4.78, 5) is 29.3. The smallest absolute Gasteiger partial charge is 0.393 e. The maximum Gasteiger partial charge on any atom is 0.668 e. The van der Waals surface area contributed by atoms with Crippen LogP contribution in [0.1, 0.15) is 27.7 Å². The molecular weight excluding hydrogens is 206 g/mol. The van der Waals surface area contributed by atoms with Crippen LogP contribution in [0.4, 0.5) is 0 Å². The quantitative estimate of drug-likeness (QED) is 0.307. The molecule has 0 spiro atoms. The number of hydrogen-bond donors (Lipinski definition) is 6. The summed E-state index contributed by atoms with van der Waals surface area (Å²) in [6, 6.07) is 0. The molecule has 88 valence electrons. The molecule has 0 fully saturated rings. The third-order valence-corrected chi connectivity index (χ3v) is 1.90. The summed E-state index contributed by atoms with van der Waals surface area (Å²) in [6.45, 7) is 7.55. The van der Waals surface area contributed by atoms with Gasteiger partial charge in [0.25, 0.3) is 0 Å². The highest BCUT2D eigenvalue weighted by Gasteiger charge is 2.24. The van der Waals surface area contributed by atoms with Crippen molar-refractivity contribution in [3.8, 4) is 0 Å². The lowest BCUT2D eigenvalue weighted by Crippen LogP contribution is -2.44. The van der Waals surface area contributed by atoms with Gasteiger partial charge in [-0.15, -0.1) is 0 Å². The average Bonchev–Trinajstić information content (AvgIpc) is 1.79. The first-order valence-electron chi connectivity index (χ1n) is 4.22. The first-order chi connectivity index (χ1) is 5.85. The Hall–Kier alpha value is -0.0231. The molecule has 6 nitrogen and oxygen atoms in total. The molecule has 0 aromatic carbocycles. The zero-order valence-electron chi connectivity index (χ0n) is 8.97. The molecule has 2 atom stereocenters. The number of aliphatic hydroxyl groups excluding tert-OH is 1. The normalized spacial score (nSPS) is 16.7. The maximum absolute atomic E-state index is 9.08. The van der Waals surface area contributed by atoms with Crippen LogP contribution in [0.15, 0.2) is 0 Å². The van der Waals surface area contributed by atoms with Gasteiger partial charge in [-0.2, -0.15) is 0 Å². The van der Waals surface area contributed by atoms with E-state index in [0.29, 0.717) is 0 Å². The van der Waals surface area contributed by atoms with Crippen molar-refractivity contribution in [2.24, 2.45) is 11.7 Å². The van der Waals surface area contributed by atoms with Crippen molar-refractivity contribution in [3.05, 3.63) is 0 Å². The minimum absolute atomic E-state index is 0.150. The van der Waals surface area contributed by atoms with Gasteiger partial charge < -0.3 is 30.0 Å². The van der Waals surface area contributed by atoms with Crippen molar-refractivity contribution >= 4 is 9.05 Å². The van der Waals surface area contributed by atoms with E-state index in [4.69, 9.17) is 30.0 Å². The Bertz CT molecular complexity index is 145. The first-order valence-corrected chi connectivity index (χ1v) is 6.01. The monoisotopic (exact) mass is 227 g/mol. The van der Waals surface area contributed by atoms with Crippen molar-refractivity contribution in [1.82, 2.24) is 0 Å². The molecule has 0 aliphatic rings. The Morgan fingerprint density at radius 2 is 1.29 bits per heavy atom. The first kappa shape index (κ1) is 16.4. The summed E-state index contributed by atoms with van der Waals surface area (Å²) >= 11 is 0. The molecule has 0 bridgehead atoms. The van der Waals surface area contributed by atoms with Gasteiger partial charge in [-0.05, 0) is 26.7 Å². The molecule has 7 heteroatoms. The summed E-state index contributed by atoms with van der Waals surface area (Å²) in [5.41, 5.74) is 5.45. The number of rotatable bonds is 2. The third-order valence-electron chi connectivity index (χ3n) is 1.90. The second-order valence-corrected chi connectivity index (χ2v) is 5.15. The molecule has 0 aromatic heterocycles. The average molecular weight is 227 g/mol. The van der Waals surface area contributed by atoms with Crippen molar-refractivity contribution in [1.29, 1.82) is 0 Å². The lowest BCUT2D eigenvalue weighted by Gasteiger charge is -2.29. The van der Waals surface area contributed by atoms with Crippen LogP contribution in [0.5, 0.6) is 0 Å². The molecule has 7 N–H and O–H groups in total. The van der Waals surface area contributed by atoms with Crippen LogP contribution in [0.2, 0.25) is 0 Å². The summed E-state index contributed by atoms with van der Waals surface area (Å²) in [6.07, 6.45) is -0.315. The molecule has 14 heavy (non-hydrogen) atoms. The lowest BCUT2D eigenvalue weighted by atomic mass is 9.86. The van der Waals surface area contributed by atoms with Gasteiger partial charge >= 0.3 is 9.05 Å². The number of nitrogens with two attached hydrogens (primary N) is 1. The Morgan fingerprint density at radius 3 is 1.29 bits per heavy atom. The van der Waals surface area contributed by atoms with Gasteiger partial charge in [0.2, 0.25) is 0 Å². The zero-order chi connectivity index (χ0) is 12.2. The number of aliphatic hydroxyl groups is 1. The fourth-order valence-corrected chi connectivity index (χ4v) is 0.622. The van der Waals surface area contributed by atoms with E-state index in [1.807, 2.05) is 20.8 Å². The van der Waals surface area contributed by atoms with Gasteiger partial charge in [-0.1, -0.05) is 6.92 Å². The highest BCUT2D eigenvalue weighted by atomic mass is 28.4. The molecule has 2 unspecified atom stereocenters. The molecule has 0 aliphatic carbocycles. The SMILES string of the molecule is CC(O)C(C)C(C)(C)N.O[Si](O)(O)O. The second kappa shape index (κ2) is 5.76. The molecule has 0 saturated carbocycles. The van der Waals surface area contributed by atoms with Crippen LogP contribution < -0.4 is 5.73 Å². The van der Waals surface area contributed by atoms with Gasteiger partial charge in [-0.3, -0.25) is 0 Å². The fraction of sp³-hybridized carbons (Fsp3) is 1.00.